The van der Waals surface area contributed by atoms with E-state index in [-0.39, 0.29) is 11.8 Å². The predicted octanol–water partition coefficient (Wildman–Crippen LogP) is 3.30. The van der Waals surface area contributed by atoms with Gasteiger partial charge < -0.3 is 4.90 Å². The van der Waals surface area contributed by atoms with Crippen molar-refractivity contribution in [3.05, 3.63) is 65.2 Å². The van der Waals surface area contributed by atoms with Crippen molar-refractivity contribution in [2.24, 2.45) is 0 Å². The Morgan fingerprint density at radius 3 is 2.53 bits per heavy atom. The molecule has 1 aliphatic rings. The average molecular weight is 251 g/mol. The van der Waals surface area contributed by atoms with E-state index in [1.54, 1.807) is 4.90 Å². The first kappa shape index (κ1) is 12.0. The summed E-state index contributed by atoms with van der Waals surface area (Å²) in [6.45, 7) is 2.10. The Morgan fingerprint density at radius 1 is 1.05 bits per heavy atom. The second-order valence-corrected chi connectivity index (χ2v) is 5.14. The molecule has 2 aromatic rings. The van der Waals surface area contributed by atoms with Crippen molar-refractivity contribution in [3.63, 3.8) is 0 Å². The van der Waals surface area contributed by atoms with Gasteiger partial charge in [-0.15, -0.1) is 0 Å². The maximum Gasteiger partial charge on any atom is 0.234 e. The predicted molar refractivity (Wildman–Crippen MR) is 77.5 cm³/mol. The highest BCUT2D eigenvalue weighted by atomic mass is 16.2. The van der Waals surface area contributed by atoms with Crippen LogP contribution in [-0.4, -0.2) is 13.0 Å². The second-order valence-electron chi connectivity index (χ2n) is 5.14. The summed E-state index contributed by atoms with van der Waals surface area (Å²) in [6.07, 6.45) is 0.785. The number of anilines is 1. The van der Waals surface area contributed by atoms with Crippen molar-refractivity contribution in [2.75, 3.05) is 11.9 Å². The van der Waals surface area contributed by atoms with E-state index in [1.165, 1.54) is 11.1 Å². The summed E-state index contributed by atoms with van der Waals surface area (Å²) < 4.78 is 0. The van der Waals surface area contributed by atoms with E-state index in [0.29, 0.717) is 0 Å². The number of likely N-dealkylation sites (N-methyl/N-ethyl adjacent to an activating group) is 1. The van der Waals surface area contributed by atoms with E-state index in [1.807, 2.05) is 37.4 Å². The minimum atomic E-state index is -0.0395. The van der Waals surface area contributed by atoms with Gasteiger partial charge in [0.2, 0.25) is 5.91 Å². The van der Waals surface area contributed by atoms with E-state index in [0.717, 1.165) is 17.7 Å². The number of nitrogens with zero attached hydrogens (tertiary/aromatic N) is 1. The van der Waals surface area contributed by atoms with Crippen LogP contribution in [0.3, 0.4) is 0 Å². The van der Waals surface area contributed by atoms with E-state index in [9.17, 15) is 4.79 Å². The van der Waals surface area contributed by atoms with E-state index >= 15 is 0 Å². The van der Waals surface area contributed by atoms with Crippen LogP contribution in [0.5, 0.6) is 0 Å². The zero-order chi connectivity index (χ0) is 13.4. The van der Waals surface area contributed by atoms with Crippen LogP contribution >= 0.6 is 0 Å². The summed E-state index contributed by atoms with van der Waals surface area (Å²) in [4.78, 5) is 14.2. The third-order valence-electron chi connectivity index (χ3n) is 3.99. The van der Waals surface area contributed by atoms with Crippen LogP contribution in [0, 0.1) is 6.92 Å². The maximum atomic E-state index is 12.4. The van der Waals surface area contributed by atoms with Crippen molar-refractivity contribution < 1.29 is 4.79 Å². The number of amides is 1. The van der Waals surface area contributed by atoms with Crippen LogP contribution in [0.2, 0.25) is 0 Å². The smallest absolute Gasteiger partial charge is 0.234 e. The first-order valence-corrected chi connectivity index (χ1v) is 6.59. The summed E-state index contributed by atoms with van der Waals surface area (Å²) >= 11 is 0. The molecule has 1 atom stereocenters. The number of benzene rings is 2. The topological polar surface area (TPSA) is 20.3 Å². The molecule has 96 valence electrons. The molecule has 1 aliphatic heterocycles. The molecule has 1 amide bonds. The summed E-state index contributed by atoms with van der Waals surface area (Å²) in [6, 6.07) is 16.4. The van der Waals surface area contributed by atoms with Crippen LogP contribution in [0.1, 0.15) is 22.6 Å². The fraction of sp³-hybridized carbons (Fsp3) is 0.235. The van der Waals surface area contributed by atoms with Gasteiger partial charge in [-0.1, -0.05) is 42.5 Å². The molecule has 0 saturated carbocycles. The fourth-order valence-electron chi connectivity index (χ4n) is 2.83. The molecule has 2 nitrogen and oxygen atoms in total. The lowest BCUT2D eigenvalue weighted by Gasteiger charge is -2.12. The van der Waals surface area contributed by atoms with Gasteiger partial charge in [0.15, 0.2) is 0 Å². The normalized spacial score (nSPS) is 17.7. The molecule has 0 bridgehead atoms. The molecule has 2 heteroatoms. The van der Waals surface area contributed by atoms with Gasteiger partial charge in [0.05, 0.1) is 5.92 Å². The highest BCUT2D eigenvalue weighted by molar-refractivity contribution is 6.04. The van der Waals surface area contributed by atoms with E-state index in [2.05, 4.69) is 25.1 Å². The quantitative estimate of drug-likeness (QED) is 0.802. The molecule has 3 rings (SSSR count). The minimum absolute atomic E-state index is 0.0395. The summed E-state index contributed by atoms with van der Waals surface area (Å²) in [5.74, 6) is 0.159. The fourth-order valence-corrected chi connectivity index (χ4v) is 2.83. The van der Waals surface area contributed by atoms with E-state index < -0.39 is 0 Å². The van der Waals surface area contributed by atoms with Crippen molar-refractivity contribution >= 4 is 11.6 Å². The Labute approximate surface area is 113 Å². The maximum absolute atomic E-state index is 12.4. The largest absolute Gasteiger partial charge is 0.315 e. The van der Waals surface area contributed by atoms with Gasteiger partial charge >= 0.3 is 0 Å². The van der Waals surface area contributed by atoms with Gasteiger partial charge in [-0.05, 0) is 36.1 Å². The number of aryl methyl sites for hydroxylation is 1. The summed E-state index contributed by atoms with van der Waals surface area (Å²) in [7, 11) is 1.86. The highest BCUT2D eigenvalue weighted by Gasteiger charge is 2.34. The van der Waals surface area contributed by atoms with Crippen molar-refractivity contribution in [2.45, 2.75) is 19.3 Å². The van der Waals surface area contributed by atoms with Crippen LogP contribution in [0.15, 0.2) is 48.5 Å². The number of hydrogen-bond acceptors (Lipinski definition) is 1. The van der Waals surface area contributed by atoms with Gasteiger partial charge in [-0.2, -0.15) is 0 Å². The Bertz CT molecular complexity index is 633. The lowest BCUT2D eigenvalue weighted by molar-refractivity contribution is -0.119. The third-order valence-corrected chi connectivity index (χ3v) is 3.99. The number of fused-ring (bicyclic) bond motifs is 1. The average Bonchev–Trinajstić information content (AvgIpc) is 2.67. The summed E-state index contributed by atoms with van der Waals surface area (Å²) in [5, 5.41) is 0. The molecule has 0 saturated heterocycles. The molecule has 0 radical (unpaired) electrons. The third kappa shape index (κ3) is 1.93. The number of para-hydroxylation sites is 1. The molecule has 0 aromatic heterocycles. The molecular formula is C17H17NO. The Hall–Kier alpha value is -2.09. The van der Waals surface area contributed by atoms with Crippen molar-refractivity contribution in [1.82, 2.24) is 0 Å². The molecular weight excluding hydrogens is 234 g/mol. The van der Waals surface area contributed by atoms with Crippen LogP contribution in [0.4, 0.5) is 5.69 Å². The first-order valence-electron chi connectivity index (χ1n) is 6.59. The van der Waals surface area contributed by atoms with E-state index in [4.69, 9.17) is 0 Å². The minimum Gasteiger partial charge on any atom is -0.315 e. The number of rotatable bonds is 2. The molecule has 0 spiro atoms. The molecule has 19 heavy (non-hydrogen) atoms. The van der Waals surface area contributed by atoms with Crippen molar-refractivity contribution in [3.8, 4) is 0 Å². The monoisotopic (exact) mass is 251 g/mol. The Balaban J connectivity index is 1.98. The van der Waals surface area contributed by atoms with Gasteiger partial charge in [0.25, 0.3) is 0 Å². The van der Waals surface area contributed by atoms with Crippen LogP contribution < -0.4 is 4.90 Å². The van der Waals surface area contributed by atoms with Gasteiger partial charge in [-0.25, -0.2) is 0 Å². The number of carbonyl (C=O) groups is 1. The zero-order valence-corrected chi connectivity index (χ0v) is 11.3. The molecule has 0 fully saturated rings. The molecule has 0 N–H and O–H groups in total. The molecule has 0 aliphatic carbocycles. The highest BCUT2D eigenvalue weighted by Crippen LogP contribution is 2.38. The van der Waals surface area contributed by atoms with Crippen molar-refractivity contribution in [1.29, 1.82) is 0 Å². The number of hydrogen-bond donors (Lipinski definition) is 0. The molecule has 2 aromatic carbocycles. The van der Waals surface area contributed by atoms with Gasteiger partial charge in [0.1, 0.15) is 0 Å². The molecule has 1 heterocycles. The molecule has 0 unspecified atom stereocenters. The SMILES string of the molecule is Cc1ccccc1C[C@@H]1C(=O)N(C)c2ccccc21. The summed E-state index contributed by atoms with van der Waals surface area (Å²) in [5.41, 5.74) is 4.71. The first-order chi connectivity index (χ1) is 9.18. The Kier molecular flexibility index (Phi) is 2.86. The van der Waals surface area contributed by atoms with Gasteiger partial charge in [-0.3, -0.25) is 4.79 Å². The second kappa shape index (κ2) is 4.54. The number of carbonyl (C=O) groups excluding carboxylic acids is 1. The van der Waals surface area contributed by atoms with Crippen LogP contribution in [-0.2, 0) is 11.2 Å². The zero-order valence-electron chi connectivity index (χ0n) is 11.3. The van der Waals surface area contributed by atoms with Gasteiger partial charge in [0, 0.05) is 12.7 Å². The Morgan fingerprint density at radius 2 is 1.74 bits per heavy atom. The lowest BCUT2D eigenvalue weighted by atomic mass is 9.91. The lowest BCUT2D eigenvalue weighted by Crippen LogP contribution is -2.25. The standard InChI is InChI=1S/C17H17NO/c1-12-7-3-4-8-13(12)11-15-14-9-5-6-10-16(14)18(2)17(15)19/h3-10,15H,11H2,1-2H3/t15-/m0/s1. The van der Waals surface area contributed by atoms with Crippen LogP contribution in [0.25, 0.3) is 0 Å².